The normalized spacial score (nSPS) is 29.1. The smallest absolute Gasteiger partial charge is 0.339 e. The van der Waals surface area contributed by atoms with Crippen LogP contribution in [0.3, 0.4) is 0 Å². The fraction of sp³-hybridized carbons (Fsp3) is 0.673. The zero-order valence-corrected chi connectivity index (χ0v) is 38.3. The van der Waals surface area contributed by atoms with E-state index in [-0.39, 0.29) is 38.8 Å². The molecule has 6 rings (SSSR count). The Kier molecular flexibility index (Phi) is 16.0. The summed E-state index contributed by atoms with van der Waals surface area (Å²) in [5, 5.41) is 24.2. The standard InChI is InChI=1S/C49H69Cl2NO6.H3N/c1-29(2)12-11-13-30(3)39-17-18-40-36-16-15-33-28-34(19-21-48(33,4)41(36)20-22-49(39,40)5)52-23-10-8-9-14-35(31-24-37(46(53)54)44(57-6)42(50)26-31)32-25-38(47(55)56)45(58-7)43(51)27-32;/h14,24-27,29-30,33-34,36,39-41,52H,8-13,15-23,28H2,1-7H3,(H,53,54)(H,55,56);1H3/t30?,33-,34+,36-,39+,40-,41-,48-,49+;/m0./s1. The molecular weight excluding hydrogens is 783 g/mol. The van der Waals surface area contributed by atoms with Crippen molar-refractivity contribution < 1.29 is 29.3 Å². The number of fused-ring (bicyclic) bond motifs is 5. The van der Waals surface area contributed by atoms with Crippen molar-refractivity contribution in [3.8, 4) is 11.5 Å². The van der Waals surface area contributed by atoms with Gasteiger partial charge in [0.25, 0.3) is 0 Å². The van der Waals surface area contributed by atoms with Crippen LogP contribution >= 0.6 is 23.2 Å². The molecule has 4 saturated carbocycles. The van der Waals surface area contributed by atoms with Crippen molar-refractivity contribution in [1.82, 2.24) is 11.5 Å². The molecule has 10 heteroatoms. The average molecular weight is 856 g/mol. The highest BCUT2D eigenvalue weighted by atomic mass is 35.5. The lowest BCUT2D eigenvalue weighted by Crippen LogP contribution is -2.55. The largest absolute Gasteiger partial charge is 0.494 e. The monoisotopic (exact) mass is 854 g/mol. The summed E-state index contributed by atoms with van der Waals surface area (Å²) in [6, 6.07) is 6.88. The lowest BCUT2D eigenvalue weighted by Gasteiger charge is -2.61. The maximum atomic E-state index is 12.2. The lowest BCUT2D eigenvalue weighted by atomic mass is 9.44. The highest BCUT2D eigenvalue weighted by Crippen LogP contribution is 2.68. The van der Waals surface area contributed by atoms with E-state index in [4.69, 9.17) is 32.7 Å². The van der Waals surface area contributed by atoms with Crippen LogP contribution in [0.1, 0.15) is 163 Å². The second-order valence-corrected chi connectivity index (χ2v) is 20.2. The van der Waals surface area contributed by atoms with Gasteiger partial charge in [0.2, 0.25) is 0 Å². The number of aromatic carboxylic acids is 2. The first kappa shape index (κ1) is 47.3. The van der Waals surface area contributed by atoms with Gasteiger partial charge < -0.3 is 31.2 Å². The predicted molar refractivity (Wildman–Crippen MR) is 241 cm³/mol. The highest BCUT2D eigenvalue weighted by Gasteiger charge is 2.60. The third-order valence-electron chi connectivity index (χ3n) is 15.9. The van der Waals surface area contributed by atoms with Gasteiger partial charge in [-0.2, -0.15) is 0 Å². The third kappa shape index (κ3) is 9.82. The van der Waals surface area contributed by atoms with Crippen LogP contribution in [0.25, 0.3) is 5.57 Å². The van der Waals surface area contributed by atoms with Crippen molar-refractivity contribution in [3.63, 3.8) is 0 Å². The highest BCUT2D eigenvalue weighted by molar-refractivity contribution is 6.33. The molecule has 4 fully saturated rings. The average Bonchev–Trinajstić information content (AvgIpc) is 3.54. The molecule has 4 aliphatic carbocycles. The number of unbranched alkanes of at least 4 members (excludes halogenated alkanes) is 2. The Hall–Kier alpha value is -2.78. The van der Waals surface area contributed by atoms with Gasteiger partial charge in [-0.05, 0) is 177 Å². The van der Waals surface area contributed by atoms with Gasteiger partial charge in [-0.1, -0.05) is 83.2 Å². The molecule has 328 valence electrons. The molecule has 0 amide bonds. The molecule has 0 aromatic heterocycles. The quantitative estimate of drug-likeness (QED) is 0.115. The van der Waals surface area contributed by atoms with Crippen LogP contribution in [0.2, 0.25) is 10.0 Å². The van der Waals surface area contributed by atoms with Crippen LogP contribution in [0.5, 0.6) is 11.5 Å². The molecule has 0 radical (unpaired) electrons. The van der Waals surface area contributed by atoms with Crippen molar-refractivity contribution >= 4 is 40.7 Å². The van der Waals surface area contributed by atoms with E-state index in [2.05, 4.69) is 39.9 Å². The molecule has 0 spiro atoms. The van der Waals surface area contributed by atoms with Crippen molar-refractivity contribution in [1.29, 1.82) is 0 Å². The maximum absolute atomic E-state index is 12.2. The summed E-state index contributed by atoms with van der Waals surface area (Å²) in [7, 11) is 2.76. The number of methoxy groups -OCH3 is 2. The number of nitrogens with one attached hydrogen (secondary N) is 1. The van der Waals surface area contributed by atoms with E-state index in [0.717, 1.165) is 60.8 Å². The topological polar surface area (TPSA) is 140 Å². The molecule has 9 atom stereocenters. The van der Waals surface area contributed by atoms with E-state index in [9.17, 15) is 19.8 Å². The summed E-state index contributed by atoms with van der Waals surface area (Å²) in [4.78, 5) is 24.4. The van der Waals surface area contributed by atoms with E-state index in [1.165, 1.54) is 103 Å². The summed E-state index contributed by atoms with van der Waals surface area (Å²) < 4.78 is 10.6. The van der Waals surface area contributed by atoms with Crippen molar-refractivity contribution in [3.05, 3.63) is 62.6 Å². The summed E-state index contributed by atoms with van der Waals surface area (Å²) in [6.45, 7) is 13.7. The van der Waals surface area contributed by atoms with Gasteiger partial charge in [0.05, 0.1) is 24.3 Å². The molecule has 0 bridgehead atoms. The molecular formula is C49H72Cl2N2O6. The van der Waals surface area contributed by atoms with E-state index in [0.29, 0.717) is 40.0 Å². The lowest BCUT2D eigenvalue weighted by molar-refractivity contribution is -0.118. The van der Waals surface area contributed by atoms with Crippen LogP contribution in [0, 0.1) is 52.3 Å². The molecule has 1 unspecified atom stereocenters. The maximum Gasteiger partial charge on any atom is 0.339 e. The zero-order valence-electron chi connectivity index (χ0n) is 36.8. The fourth-order valence-electron chi connectivity index (χ4n) is 12.9. The van der Waals surface area contributed by atoms with Crippen LogP contribution in [-0.2, 0) is 0 Å². The number of benzene rings is 2. The summed E-state index contributed by atoms with van der Waals surface area (Å²) in [5.41, 5.74) is 2.55. The van der Waals surface area contributed by atoms with Gasteiger partial charge in [0, 0.05) is 6.04 Å². The van der Waals surface area contributed by atoms with E-state index >= 15 is 0 Å². The first-order valence-electron chi connectivity index (χ1n) is 22.3. The molecule has 8 nitrogen and oxygen atoms in total. The minimum atomic E-state index is -1.18. The number of ether oxygens (including phenoxy) is 2. The van der Waals surface area contributed by atoms with Crippen LogP contribution in [0.4, 0.5) is 0 Å². The Labute approximate surface area is 364 Å². The number of carboxylic acid groups (broad SMARTS) is 2. The zero-order chi connectivity index (χ0) is 41.9. The van der Waals surface area contributed by atoms with Crippen LogP contribution < -0.4 is 20.9 Å². The van der Waals surface area contributed by atoms with Crippen molar-refractivity contribution in [2.45, 2.75) is 137 Å². The fourth-order valence-corrected chi connectivity index (χ4v) is 13.5. The number of hydrogen-bond donors (Lipinski definition) is 4. The van der Waals surface area contributed by atoms with Crippen LogP contribution in [-0.4, -0.2) is 49.0 Å². The molecule has 0 saturated heterocycles. The molecule has 0 heterocycles. The van der Waals surface area contributed by atoms with Gasteiger partial charge in [-0.15, -0.1) is 0 Å². The Bertz CT molecular complexity index is 1760. The summed E-state index contributed by atoms with van der Waals surface area (Å²) in [6.07, 6.45) is 21.3. The summed E-state index contributed by atoms with van der Waals surface area (Å²) >= 11 is 13.1. The minimum Gasteiger partial charge on any atom is -0.494 e. The third-order valence-corrected chi connectivity index (χ3v) is 16.4. The first-order chi connectivity index (χ1) is 27.6. The Morgan fingerprint density at radius 2 is 1.39 bits per heavy atom. The molecule has 0 aliphatic heterocycles. The van der Waals surface area contributed by atoms with E-state index in [1.807, 2.05) is 6.08 Å². The van der Waals surface area contributed by atoms with E-state index < -0.39 is 11.9 Å². The predicted octanol–water partition coefficient (Wildman–Crippen LogP) is 13.3. The number of halogens is 2. The van der Waals surface area contributed by atoms with E-state index in [1.54, 1.807) is 12.1 Å². The number of allylic oxidation sites excluding steroid dienone is 1. The SMILES string of the molecule is COc1c(Cl)cc(C(=CCCCCN[C@@H]2CC[C@@]3(C)[C@@H](CC[C@@H]4[C@@H]3CC[C@]3(C)[C@@H](C(C)CCCC(C)C)CC[C@@H]43)C2)c2cc(Cl)c(OC)c(C(=O)O)c2)cc1C(=O)O.N. The molecule has 2 aromatic rings. The minimum absolute atomic E-state index is 0. The van der Waals surface area contributed by atoms with Gasteiger partial charge in [0.15, 0.2) is 11.5 Å². The number of hydrogen-bond acceptors (Lipinski definition) is 6. The Morgan fingerprint density at radius 3 is 1.97 bits per heavy atom. The molecule has 6 N–H and O–H groups in total. The first-order valence-corrected chi connectivity index (χ1v) is 23.0. The Morgan fingerprint density at radius 1 is 0.797 bits per heavy atom. The van der Waals surface area contributed by atoms with Crippen molar-refractivity contribution in [2.24, 2.45) is 52.3 Å². The van der Waals surface area contributed by atoms with Gasteiger partial charge in [0.1, 0.15) is 11.1 Å². The number of carboxylic acids is 2. The van der Waals surface area contributed by atoms with Gasteiger partial charge in [-0.3, -0.25) is 0 Å². The number of rotatable bonds is 17. The summed E-state index contributed by atoms with van der Waals surface area (Å²) in [5.74, 6) is 3.91. The number of carbonyl (C=O) groups is 2. The second kappa shape index (κ2) is 19.9. The van der Waals surface area contributed by atoms with Gasteiger partial charge >= 0.3 is 11.9 Å². The van der Waals surface area contributed by atoms with Crippen molar-refractivity contribution in [2.75, 3.05) is 20.8 Å². The molecule has 4 aliphatic rings. The van der Waals surface area contributed by atoms with Gasteiger partial charge in [-0.25, -0.2) is 9.59 Å². The second-order valence-electron chi connectivity index (χ2n) is 19.4. The molecule has 2 aromatic carbocycles. The van der Waals surface area contributed by atoms with Crippen LogP contribution in [0.15, 0.2) is 30.3 Å². The molecule has 59 heavy (non-hydrogen) atoms. The Balaban J connectivity index is 0.00000661.